The van der Waals surface area contributed by atoms with Crippen molar-refractivity contribution in [3.63, 3.8) is 0 Å². The van der Waals surface area contributed by atoms with Gasteiger partial charge in [0.1, 0.15) is 12.4 Å². The summed E-state index contributed by atoms with van der Waals surface area (Å²) < 4.78 is 54.2. The summed E-state index contributed by atoms with van der Waals surface area (Å²) in [6, 6.07) is 15.9. The maximum atomic E-state index is 13.7. The Morgan fingerprint density at radius 2 is 1.71 bits per heavy atom. The smallest absolute Gasteiger partial charge is 0.264 e. The highest BCUT2D eigenvalue weighted by atomic mass is 35.5. The third-order valence-electron chi connectivity index (χ3n) is 6.38. The number of carbonyl (C=O) groups excluding carboxylic acids is 1. The minimum Gasteiger partial charge on any atom is -0.493 e. The number of sulfonamides is 1. The molecule has 4 aromatic rings. The fraction of sp³-hybridized carbons (Fsp3) is 0.172. The van der Waals surface area contributed by atoms with E-state index in [-0.39, 0.29) is 16.3 Å². The molecule has 42 heavy (non-hydrogen) atoms. The number of hydrogen-bond acceptors (Lipinski definition) is 6. The highest BCUT2D eigenvalue weighted by molar-refractivity contribution is 7.92. The van der Waals surface area contributed by atoms with Gasteiger partial charge >= 0.3 is 0 Å². The number of amides is 1. The number of nitrogens with one attached hydrogen (secondary N) is 1. The number of hydrogen-bond donors (Lipinski definition) is 1. The Morgan fingerprint density at radius 1 is 1.02 bits per heavy atom. The Kier molecular flexibility index (Phi) is 9.45. The third kappa shape index (κ3) is 6.38. The van der Waals surface area contributed by atoms with Crippen molar-refractivity contribution in [3.05, 3.63) is 99.5 Å². The van der Waals surface area contributed by atoms with Crippen LogP contribution in [0, 0.1) is 19.7 Å². The lowest BCUT2D eigenvalue weighted by Gasteiger charge is -2.24. The van der Waals surface area contributed by atoms with Crippen molar-refractivity contribution < 1.29 is 27.1 Å². The van der Waals surface area contributed by atoms with E-state index in [2.05, 4.69) is 10.5 Å². The third-order valence-corrected chi connectivity index (χ3v) is 8.96. The second-order valence-corrected chi connectivity index (χ2v) is 11.7. The Bertz CT molecular complexity index is 1760. The predicted octanol–water partition coefficient (Wildman–Crippen LogP) is 5.90. The van der Waals surface area contributed by atoms with Crippen molar-refractivity contribution in [1.29, 1.82) is 0 Å². The van der Waals surface area contributed by atoms with Crippen molar-refractivity contribution in [1.82, 2.24) is 9.99 Å². The van der Waals surface area contributed by atoms with Crippen molar-refractivity contribution in [2.45, 2.75) is 18.7 Å². The second kappa shape index (κ2) is 12.8. The zero-order chi connectivity index (χ0) is 30.6. The van der Waals surface area contributed by atoms with Gasteiger partial charge in [-0.2, -0.15) is 5.10 Å². The van der Waals surface area contributed by atoms with E-state index < -0.39 is 28.3 Å². The normalized spacial score (nSPS) is 11.5. The molecule has 0 atom stereocenters. The molecule has 0 fully saturated rings. The van der Waals surface area contributed by atoms with Gasteiger partial charge in [0.25, 0.3) is 15.9 Å². The summed E-state index contributed by atoms with van der Waals surface area (Å²) in [7, 11) is -1.51. The summed E-state index contributed by atoms with van der Waals surface area (Å²) >= 11 is 12.6. The van der Waals surface area contributed by atoms with Crippen LogP contribution in [0.1, 0.15) is 17.0 Å². The van der Waals surface area contributed by atoms with Crippen LogP contribution in [-0.4, -0.2) is 45.9 Å². The number of carbonyl (C=O) groups is 1. The van der Waals surface area contributed by atoms with E-state index in [4.69, 9.17) is 32.7 Å². The van der Waals surface area contributed by atoms with Crippen LogP contribution in [0.25, 0.3) is 5.69 Å². The quantitative estimate of drug-likeness (QED) is 0.173. The first kappa shape index (κ1) is 30.9. The Hall–Kier alpha value is -4.06. The van der Waals surface area contributed by atoms with Gasteiger partial charge in [-0.1, -0.05) is 29.3 Å². The number of anilines is 1. The molecular formula is C29H27Cl2FN4O5S. The molecule has 13 heteroatoms. The highest BCUT2D eigenvalue weighted by Crippen LogP contribution is 2.33. The number of benzene rings is 3. The molecule has 4 rings (SSSR count). The molecule has 0 unspecified atom stereocenters. The Labute approximate surface area is 253 Å². The van der Waals surface area contributed by atoms with Gasteiger partial charge in [-0.25, -0.2) is 18.2 Å². The molecule has 0 saturated carbocycles. The SMILES string of the molecule is COc1ccc(S(=O)(=O)N(CC(=O)N/N=C\c2cc(C)n(-c3cccc(Cl)c3Cl)c2C)c2ccc(F)cc2)cc1OC. The van der Waals surface area contributed by atoms with Gasteiger partial charge < -0.3 is 14.0 Å². The van der Waals surface area contributed by atoms with Gasteiger partial charge in [-0.05, 0) is 68.4 Å². The van der Waals surface area contributed by atoms with Gasteiger partial charge in [0, 0.05) is 23.0 Å². The molecule has 0 radical (unpaired) electrons. The van der Waals surface area contributed by atoms with E-state index in [1.807, 2.05) is 30.5 Å². The summed E-state index contributed by atoms with van der Waals surface area (Å²) in [6.45, 7) is 3.11. The standard InChI is InChI=1S/C29H27Cl2FN4O5S/c1-18-14-20(19(2)36(18)25-7-5-6-24(30)29(25)31)16-33-34-28(37)17-35(22-10-8-21(32)9-11-22)42(38,39)23-12-13-26(40-3)27(15-23)41-4/h5-16H,17H2,1-4H3,(H,34,37)/b33-16-. The largest absolute Gasteiger partial charge is 0.493 e. The molecule has 1 amide bonds. The van der Waals surface area contributed by atoms with Crippen LogP contribution in [0.15, 0.2) is 76.7 Å². The van der Waals surface area contributed by atoms with Crippen LogP contribution in [0.4, 0.5) is 10.1 Å². The molecule has 3 aromatic carbocycles. The molecule has 0 spiro atoms. The fourth-order valence-electron chi connectivity index (χ4n) is 4.32. The minimum atomic E-state index is -4.31. The molecule has 0 aliphatic carbocycles. The van der Waals surface area contributed by atoms with Gasteiger partial charge in [0.15, 0.2) is 11.5 Å². The van der Waals surface area contributed by atoms with Crippen LogP contribution in [-0.2, 0) is 14.8 Å². The summed E-state index contributed by atoms with van der Waals surface area (Å²) in [5.74, 6) is -0.781. The average molecular weight is 634 g/mol. The number of aromatic nitrogens is 1. The minimum absolute atomic E-state index is 0.0762. The maximum Gasteiger partial charge on any atom is 0.264 e. The van der Waals surface area contributed by atoms with Gasteiger partial charge in [-0.15, -0.1) is 0 Å². The summed E-state index contributed by atoms with van der Waals surface area (Å²) in [6.07, 6.45) is 1.44. The zero-order valence-corrected chi connectivity index (χ0v) is 25.4. The first-order valence-electron chi connectivity index (χ1n) is 12.4. The molecule has 0 aliphatic heterocycles. The summed E-state index contributed by atoms with van der Waals surface area (Å²) in [5, 5.41) is 4.85. The maximum absolute atomic E-state index is 13.7. The molecule has 0 saturated heterocycles. The molecule has 0 bridgehead atoms. The Balaban J connectivity index is 1.59. The van der Waals surface area contributed by atoms with Crippen LogP contribution in [0.2, 0.25) is 10.0 Å². The number of methoxy groups -OCH3 is 2. The number of ether oxygens (including phenoxy) is 2. The van der Waals surface area contributed by atoms with Gasteiger partial charge in [0.05, 0.1) is 46.7 Å². The Morgan fingerprint density at radius 3 is 2.38 bits per heavy atom. The van der Waals surface area contributed by atoms with E-state index in [0.717, 1.165) is 27.8 Å². The van der Waals surface area contributed by atoms with Crippen molar-refractivity contribution in [3.8, 4) is 17.2 Å². The van der Waals surface area contributed by atoms with Crippen LogP contribution < -0.4 is 19.2 Å². The van der Waals surface area contributed by atoms with Crippen LogP contribution in [0.3, 0.4) is 0 Å². The van der Waals surface area contributed by atoms with E-state index >= 15 is 0 Å². The first-order valence-corrected chi connectivity index (χ1v) is 14.6. The zero-order valence-electron chi connectivity index (χ0n) is 23.1. The van der Waals surface area contributed by atoms with E-state index in [9.17, 15) is 17.6 Å². The number of rotatable bonds is 10. The monoisotopic (exact) mass is 632 g/mol. The predicted molar refractivity (Wildman–Crippen MR) is 161 cm³/mol. The topological polar surface area (TPSA) is 102 Å². The van der Waals surface area contributed by atoms with Gasteiger partial charge in [0.2, 0.25) is 0 Å². The lowest BCUT2D eigenvalue weighted by Crippen LogP contribution is -2.39. The summed E-state index contributed by atoms with van der Waals surface area (Å²) in [5.41, 5.74) is 5.48. The number of hydrazone groups is 1. The molecule has 1 N–H and O–H groups in total. The fourth-order valence-corrected chi connectivity index (χ4v) is 6.14. The molecule has 0 aliphatic rings. The van der Waals surface area contributed by atoms with Crippen molar-refractivity contribution in [2.75, 3.05) is 25.1 Å². The molecule has 220 valence electrons. The highest BCUT2D eigenvalue weighted by Gasteiger charge is 2.28. The van der Waals surface area contributed by atoms with Gasteiger partial charge in [-0.3, -0.25) is 9.10 Å². The molecular weight excluding hydrogens is 606 g/mol. The van der Waals surface area contributed by atoms with Crippen molar-refractivity contribution >= 4 is 51.0 Å². The second-order valence-electron chi connectivity index (χ2n) is 9.03. The van der Waals surface area contributed by atoms with E-state index in [1.165, 1.54) is 50.8 Å². The molecule has 1 aromatic heterocycles. The molecule has 1 heterocycles. The van der Waals surface area contributed by atoms with E-state index in [1.54, 1.807) is 12.1 Å². The molecule has 9 nitrogen and oxygen atoms in total. The lowest BCUT2D eigenvalue weighted by atomic mass is 10.2. The number of nitrogens with zero attached hydrogens (tertiary/aromatic N) is 3. The van der Waals surface area contributed by atoms with Crippen molar-refractivity contribution in [2.24, 2.45) is 5.10 Å². The lowest BCUT2D eigenvalue weighted by molar-refractivity contribution is -0.119. The first-order chi connectivity index (χ1) is 20.0. The number of halogens is 3. The van der Waals surface area contributed by atoms with Crippen LogP contribution in [0.5, 0.6) is 11.5 Å². The van der Waals surface area contributed by atoms with E-state index in [0.29, 0.717) is 27.0 Å². The summed E-state index contributed by atoms with van der Waals surface area (Å²) in [4.78, 5) is 12.8. The average Bonchev–Trinajstić information content (AvgIpc) is 3.25. The number of aryl methyl sites for hydroxylation is 1. The van der Waals surface area contributed by atoms with Crippen LogP contribution >= 0.6 is 23.2 Å².